The third-order valence-corrected chi connectivity index (χ3v) is 2.79. The fraction of sp³-hybridized carbons (Fsp3) is 0.462. The first-order valence-electron chi connectivity index (χ1n) is 5.42. The smallest absolute Gasteiger partial charge is 0.0991 e. The van der Waals surface area contributed by atoms with Crippen LogP contribution in [0.15, 0.2) is 24.3 Å². The van der Waals surface area contributed by atoms with Crippen molar-refractivity contribution in [1.82, 2.24) is 5.32 Å². The zero-order chi connectivity index (χ0) is 12.0. The number of hydrogen-bond donors (Lipinski definition) is 1. The van der Waals surface area contributed by atoms with Gasteiger partial charge in [-0.2, -0.15) is 5.26 Å². The topological polar surface area (TPSA) is 45.0 Å². The van der Waals surface area contributed by atoms with E-state index in [2.05, 4.69) is 18.3 Å². The van der Waals surface area contributed by atoms with Gasteiger partial charge in [-0.1, -0.05) is 12.1 Å². The molecular formula is C13H18N2O. The first-order chi connectivity index (χ1) is 7.67. The van der Waals surface area contributed by atoms with Crippen molar-refractivity contribution in [3.63, 3.8) is 0 Å². The lowest BCUT2D eigenvalue weighted by Gasteiger charge is -2.19. The van der Waals surface area contributed by atoms with Gasteiger partial charge in [-0.25, -0.2) is 0 Å². The molecule has 0 saturated heterocycles. The molecule has 1 aromatic carbocycles. The Morgan fingerprint density at radius 1 is 1.31 bits per heavy atom. The van der Waals surface area contributed by atoms with E-state index in [0.29, 0.717) is 11.6 Å². The van der Waals surface area contributed by atoms with Gasteiger partial charge >= 0.3 is 0 Å². The van der Waals surface area contributed by atoms with Gasteiger partial charge < -0.3 is 10.1 Å². The van der Waals surface area contributed by atoms with E-state index in [4.69, 9.17) is 10.00 Å². The molecule has 0 aliphatic carbocycles. The summed E-state index contributed by atoms with van der Waals surface area (Å²) in [5.74, 6) is 0. The van der Waals surface area contributed by atoms with Crippen LogP contribution in [0.4, 0.5) is 0 Å². The number of nitriles is 1. The van der Waals surface area contributed by atoms with Gasteiger partial charge in [0.2, 0.25) is 0 Å². The number of rotatable bonds is 5. The average molecular weight is 218 g/mol. The Hall–Kier alpha value is -1.37. The van der Waals surface area contributed by atoms with E-state index in [9.17, 15) is 0 Å². The third-order valence-electron chi connectivity index (χ3n) is 2.79. The number of methoxy groups -OCH3 is 1. The minimum atomic E-state index is 0.193. The number of nitrogens with zero attached hydrogens (tertiary/aromatic N) is 1. The second-order valence-corrected chi connectivity index (χ2v) is 3.92. The SMILES string of the molecule is COC(C)C(C)NCc1ccc(C#N)cc1. The Kier molecular flexibility index (Phi) is 4.97. The van der Waals surface area contributed by atoms with Crippen LogP contribution in [0, 0.1) is 11.3 Å². The van der Waals surface area contributed by atoms with Crippen molar-refractivity contribution in [1.29, 1.82) is 5.26 Å². The summed E-state index contributed by atoms with van der Waals surface area (Å²) in [6.07, 6.45) is 0.193. The second kappa shape index (κ2) is 6.26. The van der Waals surface area contributed by atoms with Crippen molar-refractivity contribution in [2.24, 2.45) is 0 Å². The van der Waals surface area contributed by atoms with Gasteiger partial charge in [0.25, 0.3) is 0 Å². The van der Waals surface area contributed by atoms with E-state index in [1.807, 2.05) is 31.2 Å². The van der Waals surface area contributed by atoms with Crippen LogP contribution >= 0.6 is 0 Å². The molecule has 1 N–H and O–H groups in total. The van der Waals surface area contributed by atoms with Gasteiger partial charge in [-0.15, -0.1) is 0 Å². The van der Waals surface area contributed by atoms with Crippen LogP contribution in [0.25, 0.3) is 0 Å². The molecule has 1 aromatic rings. The fourth-order valence-electron chi connectivity index (χ4n) is 1.35. The highest BCUT2D eigenvalue weighted by molar-refractivity contribution is 5.31. The standard InChI is InChI=1S/C13H18N2O/c1-10(11(2)16-3)15-9-13-6-4-12(8-14)5-7-13/h4-7,10-11,15H,9H2,1-3H3. The summed E-state index contributed by atoms with van der Waals surface area (Å²) in [7, 11) is 1.71. The van der Waals surface area contributed by atoms with Crippen LogP contribution in [-0.4, -0.2) is 19.3 Å². The maximum Gasteiger partial charge on any atom is 0.0991 e. The van der Waals surface area contributed by atoms with Crippen molar-refractivity contribution in [2.75, 3.05) is 7.11 Å². The monoisotopic (exact) mass is 218 g/mol. The Bertz CT molecular complexity index is 353. The Morgan fingerprint density at radius 3 is 2.44 bits per heavy atom. The highest BCUT2D eigenvalue weighted by atomic mass is 16.5. The van der Waals surface area contributed by atoms with E-state index in [1.54, 1.807) is 7.11 Å². The van der Waals surface area contributed by atoms with E-state index < -0.39 is 0 Å². The Morgan fingerprint density at radius 2 is 1.94 bits per heavy atom. The summed E-state index contributed by atoms with van der Waals surface area (Å²) in [4.78, 5) is 0. The lowest BCUT2D eigenvalue weighted by atomic mass is 10.1. The summed E-state index contributed by atoms with van der Waals surface area (Å²) in [5, 5.41) is 12.0. The number of nitrogens with one attached hydrogen (secondary N) is 1. The molecular weight excluding hydrogens is 200 g/mol. The van der Waals surface area contributed by atoms with Crippen LogP contribution in [-0.2, 0) is 11.3 Å². The highest BCUT2D eigenvalue weighted by Crippen LogP contribution is 2.04. The predicted octanol–water partition coefficient (Wildman–Crippen LogP) is 2.07. The highest BCUT2D eigenvalue weighted by Gasteiger charge is 2.09. The van der Waals surface area contributed by atoms with Crippen molar-refractivity contribution in [3.8, 4) is 6.07 Å². The van der Waals surface area contributed by atoms with Crippen molar-refractivity contribution >= 4 is 0 Å². The van der Waals surface area contributed by atoms with Crippen LogP contribution < -0.4 is 5.32 Å². The molecule has 0 spiro atoms. The Balaban J connectivity index is 2.46. The minimum absolute atomic E-state index is 0.193. The molecule has 0 fully saturated rings. The maximum absolute atomic E-state index is 8.67. The molecule has 86 valence electrons. The van der Waals surface area contributed by atoms with Crippen LogP contribution in [0.2, 0.25) is 0 Å². The number of benzene rings is 1. The fourth-order valence-corrected chi connectivity index (χ4v) is 1.35. The molecule has 0 radical (unpaired) electrons. The quantitative estimate of drug-likeness (QED) is 0.823. The molecule has 0 bridgehead atoms. The zero-order valence-corrected chi connectivity index (χ0v) is 10.0. The van der Waals surface area contributed by atoms with Crippen molar-refractivity contribution in [3.05, 3.63) is 35.4 Å². The summed E-state index contributed by atoms with van der Waals surface area (Å²) in [5.41, 5.74) is 1.87. The van der Waals surface area contributed by atoms with Gasteiger partial charge in [-0.05, 0) is 31.5 Å². The number of ether oxygens (including phenoxy) is 1. The molecule has 0 saturated carbocycles. The summed E-state index contributed by atoms with van der Waals surface area (Å²) in [6, 6.07) is 10.0. The van der Waals surface area contributed by atoms with Gasteiger partial charge in [0.15, 0.2) is 0 Å². The van der Waals surface area contributed by atoms with Gasteiger partial charge in [0.05, 0.1) is 17.7 Å². The molecule has 16 heavy (non-hydrogen) atoms. The van der Waals surface area contributed by atoms with Crippen LogP contribution in [0.1, 0.15) is 25.0 Å². The average Bonchev–Trinajstić information content (AvgIpc) is 2.35. The molecule has 2 unspecified atom stereocenters. The van der Waals surface area contributed by atoms with Crippen LogP contribution in [0.5, 0.6) is 0 Å². The predicted molar refractivity (Wildman–Crippen MR) is 63.9 cm³/mol. The number of hydrogen-bond acceptors (Lipinski definition) is 3. The molecule has 0 aromatic heterocycles. The molecule has 3 heteroatoms. The van der Waals surface area contributed by atoms with E-state index in [0.717, 1.165) is 6.54 Å². The molecule has 1 rings (SSSR count). The zero-order valence-electron chi connectivity index (χ0n) is 10.0. The van der Waals surface area contributed by atoms with E-state index >= 15 is 0 Å². The van der Waals surface area contributed by atoms with Gasteiger partial charge in [0.1, 0.15) is 0 Å². The second-order valence-electron chi connectivity index (χ2n) is 3.92. The minimum Gasteiger partial charge on any atom is -0.380 e. The first-order valence-corrected chi connectivity index (χ1v) is 5.42. The molecule has 0 heterocycles. The summed E-state index contributed by atoms with van der Waals surface area (Å²) < 4.78 is 5.23. The summed E-state index contributed by atoms with van der Waals surface area (Å²) >= 11 is 0. The molecule has 0 aliphatic rings. The lowest BCUT2D eigenvalue weighted by molar-refractivity contribution is 0.0882. The summed E-state index contributed by atoms with van der Waals surface area (Å²) in [6.45, 7) is 4.93. The largest absolute Gasteiger partial charge is 0.380 e. The normalized spacial score (nSPS) is 14.1. The third kappa shape index (κ3) is 3.65. The lowest BCUT2D eigenvalue weighted by Crippen LogP contribution is -2.36. The van der Waals surface area contributed by atoms with Gasteiger partial charge in [0, 0.05) is 19.7 Å². The Labute approximate surface area is 97.0 Å². The molecule has 2 atom stereocenters. The molecule has 0 amide bonds. The van der Waals surface area contributed by atoms with Crippen molar-refractivity contribution in [2.45, 2.75) is 32.5 Å². The van der Waals surface area contributed by atoms with E-state index in [1.165, 1.54) is 5.56 Å². The first kappa shape index (κ1) is 12.7. The van der Waals surface area contributed by atoms with Crippen LogP contribution in [0.3, 0.4) is 0 Å². The molecule has 3 nitrogen and oxygen atoms in total. The van der Waals surface area contributed by atoms with E-state index in [-0.39, 0.29) is 6.10 Å². The maximum atomic E-state index is 8.67. The van der Waals surface area contributed by atoms with Gasteiger partial charge in [-0.3, -0.25) is 0 Å². The molecule has 0 aliphatic heterocycles. The van der Waals surface area contributed by atoms with Crippen molar-refractivity contribution < 1.29 is 4.74 Å².